The first kappa shape index (κ1) is 30.6. The molecule has 0 aliphatic heterocycles. The second-order valence-electron chi connectivity index (χ2n) is 10.1. The van der Waals surface area contributed by atoms with Gasteiger partial charge in [0.2, 0.25) is 11.5 Å². The number of fused-ring (bicyclic) bond motifs is 1. The van der Waals surface area contributed by atoms with Crippen LogP contribution in [0.4, 0.5) is 0 Å². The molecule has 10 heteroatoms. The van der Waals surface area contributed by atoms with Gasteiger partial charge in [-0.2, -0.15) is 0 Å². The fourth-order valence-electron chi connectivity index (χ4n) is 4.50. The predicted octanol–water partition coefficient (Wildman–Crippen LogP) is 6.22. The molecule has 0 bridgehead atoms. The van der Waals surface area contributed by atoms with E-state index in [1.54, 1.807) is 0 Å². The molecule has 0 unspecified atom stereocenters. The average molecular weight is 611 g/mol. The number of phenols is 4. The molecule has 0 amide bonds. The largest absolute Gasteiger partial charge is 0.504 e. The molecule has 5 aromatic carbocycles. The van der Waals surface area contributed by atoms with Crippen molar-refractivity contribution in [2.45, 2.75) is 19.6 Å². The van der Waals surface area contributed by atoms with E-state index >= 15 is 0 Å². The number of benzene rings is 5. The lowest BCUT2D eigenvalue weighted by atomic mass is 10.1. The highest BCUT2D eigenvalue weighted by Gasteiger charge is 2.18. The summed E-state index contributed by atoms with van der Waals surface area (Å²) in [4.78, 5) is 24.9. The highest BCUT2D eigenvalue weighted by Crippen LogP contribution is 2.39. The molecule has 0 aromatic heterocycles. The zero-order valence-corrected chi connectivity index (χ0v) is 24.0. The molecule has 45 heavy (non-hydrogen) atoms. The third kappa shape index (κ3) is 7.74. The monoisotopic (exact) mass is 610 g/mol. The molecule has 0 spiro atoms. The summed E-state index contributed by atoms with van der Waals surface area (Å²) in [7, 11) is 0. The lowest BCUT2D eigenvalue weighted by molar-refractivity contribution is 0.0394. The van der Waals surface area contributed by atoms with Crippen LogP contribution in [-0.4, -0.2) is 45.6 Å². The maximum absolute atomic E-state index is 12.5. The zero-order chi connectivity index (χ0) is 31.8. The second kappa shape index (κ2) is 14.0. The molecule has 10 nitrogen and oxygen atoms in total. The number of carbonyl (C=O) groups excluding carboxylic acids is 2. The summed E-state index contributed by atoms with van der Waals surface area (Å²) in [6.07, 6.45) is 0.138. The number of phenolic OH excluding ortho intramolecular Hbond substituents is 4. The topological polar surface area (TPSA) is 152 Å². The molecule has 0 radical (unpaired) electrons. The Labute approximate surface area is 258 Å². The molecule has 0 aliphatic carbocycles. The van der Waals surface area contributed by atoms with E-state index in [0.717, 1.165) is 46.2 Å². The summed E-state index contributed by atoms with van der Waals surface area (Å²) in [5.41, 5.74) is 1.46. The summed E-state index contributed by atoms with van der Waals surface area (Å²) in [5, 5.41) is 43.4. The normalized spacial score (nSPS) is 10.8. The maximum Gasteiger partial charge on any atom is 0.338 e. The number of rotatable bonds is 12. The third-order valence-corrected chi connectivity index (χ3v) is 6.75. The summed E-state index contributed by atoms with van der Waals surface area (Å²) in [6, 6.07) is 27.3. The molecular weight excluding hydrogens is 580 g/mol. The number of hydrogen-bond acceptors (Lipinski definition) is 10. The standard InChI is InChI=1S/C35H30O10/c36-28-16-26(17-29(37)32(28)44-20-22-7-2-1-3-8-22)34(40)42-13-6-14-43-35(41)27-18-30(38)33(31(39)19-27)45-21-23-11-12-24-9-4-5-10-25(24)15-23/h1-5,7-12,15-19,36-39H,6,13-14,20-21H2. The van der Waals surface area contributed by atoms with E-state index in [2.05, 4.69) is 0 Å². The van der Waals surface area contributed by atoms with Gasteiger partial charge >= 0.3 is 11.9 Å². The molecule has 0 saturated carbocycles. The summed E-state index contributed by atoms with van der Waals surface area (Å²) in [5.74, 6) is -3.67. The Balaban J connectivity index is 1.07. The van der Waals surface area contributed by atoms with Gasteiger partial charge in [-0.25, -0.2) is 9.59 Å². The second-order valence-corrected chi connectivity index (χ2v) is 10.1. The third-order valence-electron chi connectivity index (χ3n) is 6.75. The molecule has 0 atom stereocenters. The molecule has 4 N–H and O–H groups in total. The lowest BCUT2D eigenvalue weighted by Gasteiger charge is -2.13. The van der Waals surface area contributed by atoms with E-state index in [9.17, 15) is 30.0 Å². The smallest absolute Gasteiger partial charge is 0.338 e. The lowest BCUT2D eigenvalue weighted by Crippen LogP contribution is -2.11. The average Bonchev–Trinajstić information content (AvgIpc) is 3.03. The van der Waals surface area contributed by atoms with Crippen molar-refractivity contribution < 1.29 is 49.0 Å². The van der Waals surface area contributed by atoms with Crippen LogP contribution in [0.3, 0.4) is 0 Å². The van der Waals surface area contributed by atoms with Crippen molar-refractivity contribution in [3.05, 3.63) is 119 Å². The fraction of sp³-hybridized carbons (Fsp3) is 0.143. The number of hydrogen-bond donors (Lipinski definition) is 4. The van der Waals surface area contributed by atoms with E-state index in [0.29, 0.717) is 0 Å². The first-order chi connectivity index (χ1) is 21.8. The molecule has 0 fully saturated rings. The molecule has 0 saturated heterocycles. The zero-order valence-electron chi connectivity index (χ0n) is 24.0. The Hall–Kier alpha value is -5.90. The SMILES string of the molecule is O=C(OCCCOC(=O)c1cc(O)c(OCc2ccc3ccccc3c2)c(O)c1)c1cc(O)c(OCc2ccccc2)c(O)c1. The van der Waals surface area contributed by atoms with E-state index in [1.165, 1.54) is 0 Å². The quantitative estimate of drug-likeness (QED) is 0.0946. The van der Waals surface area contributed by atoms with Gasteiger partial charge < -0.3 is 39.4 Å². The van der Waals surface area contributed by atoms with Gasteiger partial charge in [0.1, 0.15) is 13.2 Å². The predicted molar refractivity (Wildman–Crippen MR) is 164 cm³/mol. The van der Waals surface area contributed by atoms with Crippen LogP contribution in [0.25, 0.3) is 10.8 Å². The van der Waals surface area contributed by atoms with Gasteiger partial charge in [-0.05, 0) is 52.2 Å². The van der Waals surface area contributed by atoms with Crippen molar-refractivity contribution in [3.8, 4) is 34.5 Å². The Kier molecular flexibility index (Phi) is 9.54. The van der Waals surface area contributed by atoms with Crippen molar-refractivity contribution in [1.82, 2.24) is 0 Å². The van der Waals surface area contributed by atoms with E-state index in [4.69, 9.17) is 18.9 Å². The summed E-state index contributed by atoms with van der Waals surface area (Å²) in [6.45, 7) is -0.0673. The Morgan fingerprint density at radius 1 is 0.511 bits per heavy atom. The van der Waals surface area contributed by atoms with Crippen LogP contribution in [0, 0.1) is 0 Å². The molecular formula is C35H30O10. The van der Waals surface area contributed by atoms with E-state index < -0.39 is 34.9 Å². The van der Waals surface area contributed by atoms with E-state index in [-0.39, 0.29) is 55.5 Å². The van der Waals surface area contributed by atoms with Gasteiger partial charge in [0, 0.05) is 6.42 Å². The minimum Gasteiger partial charge on any atom is -0.504 e. The van der Waals surface area contributed by atoms with Crippen molar-refractivity contribution in [3.63, 3.8) is 0 Å². The van der Waals surface area contributed by atoms with Gasteiger partial charge in [-0.1, -0.05) is 66.7 Å². The van der Waals surface area contributed by atoms with Gasteiger partial charge in [0.05, 0.1) is 24.3 Å². The Morgan fingerprint density at radius 3 is 1.51 bits per heavy atom. The van der Waals surface area contributed by atoms with Crippen molar-refractivity contribution in [2.24, 2.45) is 0 Å². The van der Waals surface area contributed by atoms with Gasteiger partial charge in [-0.15, -0.1) is 0 Å². The van der Waals surface area contributed by atoms with Crippen molar-refractivity contribution >= 4 is 22.7 Å². The number of carbonyl (C=O) groups is 2. The number of esters is 2. The minimum atomic E-state index is -0.811. The van der Waals surface area contributed by atoms with Crippen LogP contribution in [0.2, 0.25) is 0 Å². The number of ether oxygens (including phenoxy) is 4. The molecule has 230 valence electrons. The fourth-order valence-corrected chi connectivity index (χ4v) is 4.50. The van der Waals surface area contributed by atoms with Crippen LogP contribution in [0.15, 0.2) is 97.1 Å². The molecule has 5 rings (SSSR count). The first-order valence-electron chi connectivity index (χ1n) is 14.0. The van der Waals surface area contributed by atoms with Crippen LogP contribution in [-0.2, 0) is 22.7 Å². The minimum absolute atomic E-state index is 0.0832. The van der Waals surface area contributed by atoms with E-state index in [1.807, 2.05) is 72.8 Å². The molecule has 0 heterocycles. The number of aromatic hydroxyl groups is 4. The van der Waals surface area contributed by atoms with Crippen LogP contribution < -0.4 is 9.47 Å². The Bertz CT molecular complexity index is 1770. The van der Waals surface area contributed by atoms with Crippen molar-refractivity contribution in [1.29, 1.82) is 0 Å². The highest BCUT2D eigenvalue weighted by molar-refractivity contribution is 5.92. The molecule has 0 aliphatic rings. The highest BCUT2D eigenvalue weighted by atomic mass is 16.5. The maximum atomic E-state index is 12.5. The molecule has 5 aromatic rings. The van der Waals surface area contributed by atoms with Gasteiger partial charge in [-0.3, -0.25) is 0 Å². The first-order valence-corrected chi connectivity index (χ1v) is 14.0. The van der Waals surface area contributed by atoms with Crippen LogP contribution >= 0.6 is 0 Å². The van der Waals surface area contributed by atoms with Crippen LogP contribution in [0.5, 0.6) is 34.5 Å². The van der Waals surface area contributed by atoms with Crippen molar-refractivity contribution in [2.75, 3.05) is 13.2 Å². The van der Waals surface area contributed by atoms with Gasteiger partial charge in [0.15, 0.2) is 23.0 Å². The van der Waals surface area contributed by atoms with Gasteiger partial charge in [0.25, 0.3) is 0 Å². The summed E-state index contributed by atoms with van der Waals surface area (Å²) >= 11 is 0. The Morgan fingerprint density at radius 2 is 0.978 bits per heavy atom. The summed E-state index contributed by atoms with van der Waals surface area (Å²) < 4.78 is 21.4. The van der Waals surface area contributed by atoms with Crippen LogP contribution in [0.1, 0.15) is 38.3 Å².